The molecule has 0 saturated heterocycles. The maximum atomic E-state index is 11.1. The van der Waals surface area contributed by atoms with Gasteiger partial charge in [-0.2, -0.15) is 5.10 Å². The Morgan fingerprint density at radius 1 is 1.31 bits per heavy atom. The van der Waals surface area contributed by atoms with Crippen LogP contribution in [0.3, 0.4) is 0 Å². The van der Waals surface area contributed by atoms with Gasteiger partial charge in [-0.05, 0) is 26.2 Å². The van der Waals surface area contributed by atoms with Crippen molar-refractivity contribution < 1.29 is 4.79 Å². The molecule has 0 aliphatic carbocycles. The Morgan fingerprint density at radius 3 is 2.44 bits per heavy atom. The average Bonchev–Trinajstić information content (AvgIpc) is 2.66. The molecule has 0 aromatic carbocycles. The van der Waals surface area contributed by atoms with Crippen molar-refractivity contribution in [3.63, 3.8) is 0 Å². The highest BCUT2D eigenvalue weighted by molar-refractivity contribution is 5.78. The topological polar surface area (TPSA) is 34.9 Å². The molecule has 0 amide bonds. The Balaban J connectivity index is 3.17. The lowest BCUT2D eigenvalue weighted by atomic mass is 10.1. The molecular weight excluding hydrogens is 200 g/mol. The Kier molecular flexibility index (Phi) is 4.71. The summed E-state index contributed by atoms with van der Waals surface area (Å²) in [5.74, 6) is 0. The fraction of sp³-hybridized carbons (Fsp3) is 0.692. The smallest absolute Gasteiger partial charge is 0.153 e. The number of aryl methyl sites for hydroxylation is 1. The molecule has 0 bridgehead atoms. The largest absolute Gasteiger partial charge is 0.298 e. The Bertz CT molecular complexity index is 355. The molecule has 0 fully saturated rings. The van der Waals surface area contributed by atoms with Crippen molar-refractivity contribution in [2.75, 3.05) is 0 Å². The van der Waals surface area contributed by atoms with Crippen LogP contribution in [0, 0.1) is 0 Å². The van der Waals surface area contributed by atoms with Crippen molar-refractivity contribution >= 4 is 6.29 Å². The van der Waals surface area contributed by atoms with E-state index < -0.39 is 0 Å². The first-order chi connectivity index (χ1) is 7.69. The lowest BCUT2D eigenvalue weighted by Crippen LogP contribution is -2.10. The van der Waals surface area contributed by atoms with Gasteiger partial charge in [0.2, 0.25) is 0 Å². The van der Waals surface area contributed by atoms with Gasteiger partial charge >= 0.3 is 0 Å². The van der Waals surface area contributed by atoms with Crippen LogP contribution >= 0.6 is 0 Å². The summed E-state index contributed by atoms with van der Waals surface area (Å²) in [5.41, 5.74) is 2.84. The minimum atomic E-state index is 0.388. The van der Waals surface area contributed by atoms with Gasteiger partial charge in [0.1, 0.15) is 0 Å². The van der Waals surface area contributed by atoms with Crippen LogP contribution in [0.25, 0.3) is 0 Å². The predicted molar refractivity (Wildman–Crippen MR) is 66.0 cm³/mol. The van der Waals surface area contributed by atoms with Crippen LogP contribution < -0.4 is 0 Å². The van der Waals surface area contributed by atoms with Crippen molar-refractivity contribution in [1.29, 1.82) is 0 Å². The molecule has 1 aromatic heterocycles. The first-order valence-electron chi connectivity index (χ1n) is 6.24. The molecule has 0 aliphatic heterocycles. The molecule has 3 heteroatoms. The molecule has 1 aromatic rings. The standard InChI is InChI=1S/C13H22N2O/c1-5-8-10(4)15-13(7-3)11(9-16)12(6-2)14-15/h9-10H,5-8H2,1-4H3. The first kappa shape index (κ1) is 12.9. The number of carbonyl (C=O) groups is 1. The third-order valence-electron chi connectivity index (χ3n) is 3.04. The highest BCUT2D eigenvalue weighted by atomic mass is 16.1. The van der Waals surface area contributed by atoms with Gasteiger partial charge in [-0.3, -0.25) is 9.48 Å². The second-order valence-corrected chi connectivity index (χ2v) is 4.21. The number of carbonyl (C=O) groups excluding carboxylic acids is 1. The zero-order valence-electron chi connectivity index (χ0n) is 10.8. The number of rotatable bonds is 6. The number of aromatic nitrogens is 2. The zero-order chi connectivity index (χ0) is 12.1. The summed E-state index contributed by atoms with van der Waals surface area (Å²) >= 11 is 0. The minimum absolute atomic E-state index is 0.388. The van der Waals surface area contributed by atoms with Crippen LogP contribution in [0.5, 0.6) is 0 Å². The first-order valence-corrected chi connectivity index (χ1v) is 6.24. The van der Waals surface area contributed by atoms with E-state index in [4.69, 9.17) is 0 Å². The van der Waals surface area contributed by atoms with Crippen molar-refractivity contribution in [3.05, 3.63) is 17.0 Å². The summed E-state index contributed by atoms with van der Waals surface area (Å²) in [6.45, 7) is 8.47. The normalized spacial score (nSPS) is 12.8. The Labute approximate surface area is 97.8 Å². The third-order valence-corrected chi connectivity index (χ3v) is 3.04. The van der Waals surface area contributed by atoms with E-state index >= 15 is 0 Å². The highest BCUT2D eigenvalue weighted by Gasteiger charge is 2.17. The molecular formula is C13H22N2O. The SMILES string of the molecule is CCCC(C)n1nc(CC)c(C=O)c1CC. The van der Waals surface area contributed by atoms with E-state index in [0.717, 1.165) is 48.9 Å². The Hall–Kier alpha value is -1.12. The second kappa shape index (κ2) is 5.83. The summed E-state index contributed by atoms with van der Waals surface area (Å²) in [5, 5.41) is 4.57. The van der Waals surface area contributed by atoms with Gasteiger partial charge in [0, 0.05) is 11.7 Å². The van der Waals surface area contributed by atoms with E-state index in [1.54, 1.807) is 0 Å². The zero-order valence-corrected chi connectivity index (χ0v) is 10.8. The molecule has 0 spiro atoms. The number of nitrogens with zero attached hydrogens (tertiary/aromatic N) is 2. The monoisotopic (exact) mass is 222 g/mol. The minimum Gasteiger partial charge on any atom is -0.298 e. The fourth-order valence-electron chi connectivity index (χ4n) is 2.19. The van der Waals surface area contributed by atoms with Crippen molar-refractivity contribution in [2.45, 2.75) is 59.4 Å². The third kappa shape index (κ3) is 2.34. The number of aldehydes is 1. The van der Waals surface area contributed by atoms with Crippen molar-refractivity contribution in [2.24, 2.45) is 0 Å². The fourth-order valence-corrected chi connectivity index (χ4v) is 2.19. The predicted octanol–water partition coefficient (Wildman–Crippen LogP) is 3.18. The molecule has 0 aliphatic rings. The van der Waals surface area contributed by atoms with Crippen LogP contribution in [0.2, 0.25) is 0 Å². The maximum absolute atomic E-state index is 11.1. The van der Waals surface area contributed by atoms with Crippen molar-refractivity contribution in [1.82, 2.24) is 9.78 Å². The van der Waals surface area contributed by atoms with Gasteiger partial charge in [0.05, 0.1) is 11.3 Å². The van der Waals surface area contributed by atoms with Crippen LogP contribution in [0.15, 0.2) is 0 Å². The Morgan fingerprint density at radius 2 is 2.00 bits per heavy atom. The average molecular weight is 222 g/mol. The van der Waals surface area contributed by atoms with E-state index in [-0.39, 0.29) is 0 Å². The lowest BCUT2D eigenvalue weighted by Gasteiger charge is -2.14. The van der Waals surface area contributed by atoms with Crippen LogP contribution in [0.1, 0.15) is 68.3 Å². The van der Waals surface area contributed by atoms with Gasteiger partial charge in [-0.1, -0.05) is 27.2 Å². The molecule has 0 radical (unpaired) electrons. The van der Waals surface area contributed by atoms with Crippen molar-refractivity contribution in [3.8, 4) is 0 Å². The summed E-state index contributed by atoms with van der Waals surface area (Å²) in [6.07, 6.45) is 4.90. The molecule has 3 nitrogen and oxygen atoms in total. The molecule has 1 heterocycles. The molecule has 90 valence electrons. The van der Waals surface area contributed by atoms with E-state index in [1.807, 2.05) is 11.6 Å². The van der Waals surface area contributed by atoms with Crippen LogP contribution in [-0.4, -0.2) is 16.1 Å². The van der Waals surface area contributed by atoms with E-state index in [9.17, 15) is 4.79 Å². The van der Waals surface area contributed by atoms with E-state index in [0.29, 0.717) is 6.04 Å². The lowest BCUT2D eigenvalue weighted by molar-refractivity contribution is 0.112. The highest BCUT2D eigenvalue weighted by Crippen LogP contribution is 2.21. The molecule has 1 rings (SSSR count). The second-order valence-electron chi connectivity index (χ2n) is 4.21. The van der Waals surface area contributed by atoms with Crippen LogP contribution in [-0.2, 0) is 12.8 Å². The maximum Gasteiger partial charge on any atom is 0.153 e. The van der Waals surface area contributed by atoms with Crippen LogP contribution in [0.4, 0.5) is 0 Å². The summed E-state index contributed by atoms with van der Waals surface area (Å²) in [7, 11) is 0. The van der Waals surface area contributed by atoms with Gasteiger partial charge < -0.3 is 0 Å². The molecule has 0 N–H and O–H groups in total. The summed E-state index contributed by atoms with van der Waals surface area (Å²) in [6, 6.07) is 0.388. The summed E-state index contributed by atoms with van der Waals surface area (Å²) in [4.78, 5) is 11.1. The summed E-state index contributed by atoms with van der Waals surface area (Å²) < 4.78 is 2.05. The molecule has 1 unspecified atom stereocenters. The number of hydrogen-bond acceptors (Lipinski definition) is 2. The van der Waals surface area contributed by atoms with E-state index in [1.165, 1.54) is 0 Å². The number of hydrogen-bond donors (Lipinski definition) is 0. The van der Waals surface area contributed by atoms with Gasteiger partial charge in [-0.15, -0.1) is 0 Å². The quantitative estimate of drug-likeness (QED) is 0.693. The van der Waals surface area contributed by atoms with E-state index in [2.05, 4.69) is 25.9 Å². The molecule has 0 saturated carbocycles. The molecule has 16 heavy (non-hydrogen) atoms. The van der Waals surface area contributed by atoms with Gasteiger partial charge in [0.15, 0.2) is 6.29 Å². The van der Waals surface area contributed by atoms with Gasteiger partial charge in [0.25, 0.3) is 0 Å². The molecule has 1 atom stereocenters. The van der Waals surface area contributed by atoms with Gasteiger partial charge in [-0.25, -0.2) is 0 Å².